The quantitative estimate of drug-likeness (QED) is 0.140. The summed E-state index contributed by atoms with van der Waals surface area (Å²) < 4.78 is 0. The lowest BCUT2D eigenvalue weighted by molar-refractivity contribution is 0.332. The molecule has 2 heterocycles. The van der Waals surface area contributed by atoms with E-state index in [0.717, 1.165) is 12.8 Å². The predicted molar refractivity (Wildman–Crippen MR) is 330 cm³/mol. The molecule has 2 aliphatic heterocycles. The van der Waals surface area contributed by atoms with Crippen molar-refractivity contribution in [3.63, 3.8) is 0 Å². The van der Waals surface area contributed by atoms with Gasteiger partial charge < -0.3 is 9.80 Å². The van der Waals surface area contributed by atoms with Crippen LogP contribution in [0.2, 0.25) is 0 Å². The fourth-order valence-electron chi connectivity index (χ4n) is 13.0. The van der Waals surface area contributed by atoms with Crippen molar-refractivity contribution >= 4 is 57.2 Å². The highest BCUT2D eigenvalue weighted by Crippen LogP contribution is 2.53. The van der Waals surface area contributed by atoms with Gasteiger partial charge in [0.25, 0.3) is 6.71 Å². The Morgan fingerprint density at radius 2 is 0.868 bits per heavy atom. The van der Waals surface area contributed by atoms with Gasteiger partial charge in [0.15, 0.2) is 0 Å². The van der Waals surface area contributed by atoms with Crippen molar-refractivity contribution in [2.75, 3.05) is 9.80 Å². The number of hydrogen-bond acceptors (Lipinski definition) is 2. The van der Waals surface area contributed by atoms with Gasteiger partial charge in [0.1, 0.15) is 0 Å². The third kappa shape index (κ3) is 8.56. The molecule has 0 bridgehead atoms. The first kappa shape index (κ1) is 51.5. The second-order valence-corrected chi connectivity index (χ2v) is 27.6. The lowest BCUT2D eigenvalue weighted by Crippen LogP contribution is -2.62. The molecular formula is C73H81BN2. The van der Waals surface area contributed by atoms with Gasteiger partial charge >= 0.3 is 0 Å². The summed E-state index contributed by atoms with van der Waals surface area (Å²) >= 11 is 0. The largest absolute Gasteiger partial charge is 0.311 e. The molecule has 0 aromatic heterocycles. The molecule has 3 aliphatic rings. The van der Waals surface area contributed by atoms with Crippen LogP contribution in [0.5, 0.6) is 0 Å². The molecule has 0 amide bonds. The zero-order valence-electron chi connectivity index (χ0n) is 48.6. The van der Waals surface area contributed by atoms with Gasteiger partial charge in [-0.05, 0) is 161 Å². The Labute approximate surface area is 457 Å². The summed E-state index contributed by atoms with van der Waals surface area (Å²) in [6.07, 6.45) is 2.30. The van der Waals surface area contributed by atoms with Crippen LogP contribution >= 0.6 is 0 Å². The maximum Gasteiger partial charge on any atom is 0.252 e. The van der Waals surface area contributed by atoms with E-state index >= 15 is 0 Å². The maximum atomic E-state index is 2.72. The summed E-state index contributed by atoms with van der Waals surface area (Å²) in [4.78, 5) is 5.35. The van der Waals surface area contributed by atoms with Crippen LogP contribution in [0, 0.1) is 0 Å². The summed E-state index contributed by atoms with van der Waals surface area (Å²) in [6.45, 7) is 38.2. The molecule has 11 rings (SSSR count). The van der Waals surface area contributed by atoms with Crippen LogP contribution in [0.1, 0.15) is 180 Å². The number of nitrogens with zero attached hydrogens (tertiary/aromatic N) is 2. The summed E-state index contributed by atoms with van der Waals surface area (Å²) in [5.41, 5.74) is 25.9. The lowest BCUT2D eigenvalue weighted by atomic mass is 9.32. The molecule has 0 unspecified atom stereocenters. The Kier molecular flexibility index (Phi) is 12.2. The molecule has 0 fully saturated rings. The Morgan fingerprint density at radius 1 is 0.408 bits per heavy atom. The van der Waals surface area contributed by atoms with E-state index in [4.69, 9.17) is 0 Å². The summed E-state index contributed by atoms with van der Waals surface area (Å²) in [7, 11) is 0. The molecule has 8 aromatic rings. The van der Waals surface area contributed by atoms with Crippen molar-refractivity contribution < 1.29 is 0 Å². The van der Waals surface area contributed by atoms with Crippen LogP contribution in [-0.4, -0.2) is 6.71 Å². The fraction of sp³-hybridized carbons (Fsp3) is 0.342. The Balaban J connectivity index is 1.25. The zero-order chi connectivity index (χ0) is 54.1. The average Bonchev–Trinajstić information content (AvgIpc) is 3.39. The smallest absolute Gasteiger partial charge is 0.252 e. The first-order valence-corrected chi connectivity index (χ1v) is 28.4. The van der Waals surface area contributed by atoms with E-state index in [1.807, 2.05) is 0 Å². The number of benzene rings is 8. The van der Waals surface area contributed by atoms with Crippen molar-refractivity contribution in [1.29, 1.82) is 0 Å². The number of rotatable bonds is 8. The van der Waals surface area contributed by atoms with E-state index < -0.39 is 0 Å². The fourth-order valence-corrected chi connectivity index (χ4v) is 13.0. The highest BCUT2D eigenvalue weighted by molar-refractivity contribution is 7.00. The maximum absolute atomic E-state index is 2.72. The van der Waals surface area contributed by atoms with Crippen LogP contribution in [0.25, 0.3) is 11.1 Å². The molecule has 76 heavy (non-hydrogen) atoms. The first-order valence-electron chi connectivity index (χ1n) is 28.4. The van der Waals surface area contributed by atoms with Crippen molar-refractivity contribution in [3.8, 4) is 11.1 Å². The van der Waals surface area contributed by atoms with Crippen LogP contribution in [0.3, 0.4) is 0 Å². The molecule has 386 valence electrons. The topological polar surface area (TPSA) is 6.48 Å². The Morgan fingerprint density at radius 3 is 1.42 bits per heavy atom. The molecule has 0 N–H and O–H groups in total. The minimum atomic E-state index is -0.242. The average molecular weight is 997 g/mol. The summed E-state index contributed by atoms with van der Waals surface area (Å²) in [6, 6.07) is 66.5. The SMILES string of the molecule is CC(C)c1cc2c3c(c1)N(c1ccc(C(C)(C)C)cc1-c1ccc(C(C)(C)C)cc1)c1cc4c(cc1B3c1cc(C(C)(C)c3ccccc3)ccc1N2c1ccc(C(C)(C)c2ccccc2)cc1)C(C)(C)CCC4(C)C. The molecule has 0 atom stereocenters. The van der Waals surface area contributed by atoms with Gasteiger partial charge in [-0.3, -0.25) is 0 Å². The monoisotopic (exact) mass is 997 g/mol. The molecule has 3 heteroatoms. The van der Waals surface area contributed by atoms with Crippen molar-refractivity contribution in [2.24, 2.45) is 0 Å². The highest BCUT2D eigenvalue weighted by atomic mass is 15.2. The molecule has 0 radical (unpaired) electrons. The van der Waals surface area contributed by atoms with E-state index in [1.165, 1.54) is 112 Å². The molecule has 2 nitrogen and oxygen atoms in total. The minimum Gasteiger partial charge on any atom is -0.311 e. The lowest BCUT2D eigenvalue weighted by Gasteiger charge is -2.48. The van der Waals surface area contributed by atoms with E-state index in [1.54, 1.807) is 0 Å². The van der Waals surface area contributed by atoms with E-state index in [0.29, 0.717) is 0 Å². The normalized spacial score (nSPS) is 15.8. The van der Waals surface area contributed by atoms with Crippen molar-refractivity contribution in [3.05, 3.63) is 220 Å². The predicted octanol–water partition coefficient (Wildman–Crippen LogP) is 18.2. The summed E-state index contributed by atoms with van der Waals surface area (Å²) in [5.74, 6) is 0.283. The Hall–Kier alpha value is -6.58. The molecule has 1 aliphatic carbocycles. The van der Waals surface area contributed by atoms with Crippen LogP contribution in [-0.2, 0) is 32.5 Å². The molecular weight excluding hydrogens is 916 g/mol. The molecule has 8 aromatic carbocycles. The van der Waals surface area contributed by atoms with Crippen molar-refractivity contribution in [2.45, 2.75) is 162 Å². The van der Waals surface area contributed by atoms with Crippen LogP contribution in [0.15, 0.2) is 170 Å². The van der Waals surface area contributed by atoms with Gasteiger partial charge in [0.05, 0.1) is 5.69 Å². The highest BCUT2D eigenvalue weighted by Gasteiger charge is 2.47. The van der Waals surface area contributed by atoms with Gasteiger partial charge in [-0.1, -0.05) is 232 Å². The first-order chi connectivity index (χ1) is 35.8. The van der Waals surface area contributed by atoms with Gasteiger partial charge in [0.2, 0.25) is 0 Å². The molecule has 0 saturated carbocycles. The van der Waals surface area contributed by atoms with Crippen LogP contribution in [0.4, 0.5) is 34.1 Å². The molecule has 0 spiro atoms. The van der Waals surface area contributed by atoms with Crippen LogP contribution < -0.4 is 26.2 Å². The van der Waals surface area contributed by atoms with Gasteiger partial charge in [0, 0.05) is 44.8 Å². The standard InChI is InChI=1S/C73H81BN2/c1-47(2)49-41-65-67-66(42-49)76(62-37-33-54(69(6,7)8)43-57(62)48-27-29-50(30-28-48)68(3,4)5)64-46-59-58(70(9,10)39-40-71(59,11)12)45-61(64)74(67)60-44-55(73(15,16)52-25-21-18-22-26-52)34-38-63(60)75(65)56-35-31-53(32-36-56)72(13,14)51-23-19-17-20-24-51/h17-38,41-47H,39-40H2,1-16H3. The van der Waals surface area contributed by atoms with Crippen molar-refractivity contribution in [1.82, 2.24) is 0 Å². The third-order valence-corrected chi connectivity index (χ3v) is 18.5. The number of fused-ring (bicyclic) bond motifs is 5. The zero-order valence-corrected chi connectivity index (χ0v) is 48.6. The second-order valence-electron chi connectivity index (χ2n) is 27.6. The summed E-state index contributed by atoms with van der Waals surface area (Å²) in [5, 5.41) is 0. The van der Waals surface area contributed by atoms with E-state index in [-0.39, 0.29) is 45.1 Å². The number of anilines is 6. The van der Waals surface area contributed by atoms with Gasteiger partial charge in [-0.2, -0.15) is 0 Å². The number of hydrogen-bond donors (Lipinski definition) is 0. The van der Waals surface area contributed by atoms with E-state index in [9.17, 15) is 0 Å². The molecule has 0 saturated heterocycles. The second kappa shape index (κ2) is 18.0. The Bertz CT molecular complexity index is 3510. The third-order valence-electron chi connectivity index (χ3n) is 18.5. The van der Waals surface area contributed by atoms with Gasteiger partial charge in [-0.25, -0.2) is 0 Å². The van der Waals surface area contributed by atoms with E-state index in [2.05, 4.69) is 290 Å². The minimum absolute atomic E-state index is 0.00781. The van der Waals surface area contributed by atoms with Gasteiger partial charge in [-0.15, -0.1) is 0 Å².